The molecule has 0 saturated carbocycles. The second-order valence-corrected chi connectivity index (χ2v) is 12.9. The lowest BCUT2D eigenvalue weighted by Gasteiger charge is -2.39. The zero-order chi connectivity index (χ0) is 31.9. The zero-order valence-electron chi connectivity index (χ0n) is 27.1. The molecule has 3 atom stereocenters. The molecule has 0 bridgehead atoms. The summed E-state index contributed by atoms with van der Waals surface area (Å²) in [5.74, 6) is -0.122. The van der Waals surface area contributed by atoms with Crippen LogP contribution in [0.15, 0.2) is 24.3 Å². The number of carbonyl (C=O) groups excluding carboxylic acids is 4. The summed E-state index contributed by atoms with van der Waals surface area (Å²) >= 11 is 1.57. The predicted molar refractivity (Wildman–Crippen MR) is 169 cm³/mol. The summed E-state index contributed by atoms with van der Waals surface area (Å²) in [6.45, 7) is 15.6. The van der Waals surface area contributed by atoms with Crippen molar-refractivity contribution in [2.45, 2.75) is 111 Å². The number of hydrogen-bond donors (Lipinski definition) is 2. The molecule has 0 aliphatic heterocycles. The molecule has 3 amide bonds. The van der Waals surface area contributed by atoms with Crippen LogP contribution in [0.2, 0.25) is 0 Å². The molecule has 1 aromatic rings. The standard InChI is InChI=1S/C32H53N3O6S/c1-10-24-14-16-25(17-15-24)28(29(37)33-20-18-27(36)40-11-2)35(23(5)13-12-22(3)4)30(38)26(19-21-42-9)34-31(39)41-32(6,7)8/h14-17,22-23,26,28H,10-13,18-21H2,1-9H3,(H,33,37)(H,34,39). The molecule has 3 unspecified atom stereocenters. The quantitative estimate of drug-likeness (QED) is 0.220. The fraction of sp³-hybridized carbons (Fsp3) is 0.688. The van der Waals surface area contributed by atoms with Gasteiger partial charge in [0, 0.05) is 12.6 Å². The van der Waals surface area contributed by atoms with Crippen molar-refractivity contribution in [1.82, 2.24) is 15.5 Å². The number of rotatable bonds is 17. The number of aryl methyl sites for hydroxylation is 1. The van der Waals surface area contributed by atoms with Crippen LogP contribution in [0.4, 0.5) is 4.79 Å². The Balaban J connectivity index is 3.56. The monoisotopic (exact) mass is 607 g/mol. The molecule has 0 aliphatic rings. The minimum Gasteiger partial charge on any atom is -0.466 e. The van der Waals surface area contributed by atoms with Gasteiger partial charge in [0.1, 0.15) is 17.7 Å². The molecule has 0 spiro atoms. The molecule has 0 aromatic heterocycles. The van der Waals surface area contributed by atoms with Crippen LogP contribution in [0.3, 0.4) is 0 Å². The molecule has 0 radical (unpaired) electrons. The minimum atomic E-state index is -0.968. The molecule has 0 fully saturated rings. The molecule has 42 heavy (non-hydrogen) atoms. The van der Waals surface area contributed by atoms with Crippen molar-refractivity contribution in [2.75, 3.05) is 25.2 Å². The van der Waals surface area contributed by atoms with Gasteiger partial charge in [0.05, 0.1) is 13.0 Å². The van der Waals surface area contributed by atoms with E-state index >= 15 is 0 Å². The molecule has 0 saturated heterocycles. The van der Waals surface area contributed by atoms with E-state index in [4.69, 9.17) is 9.47 Å². The molecule has 9 nitrogen and oxygen atoms in total. The van der Waals surface area contributed by atoms with Crippen molar-refractivity contribution in [1.29, 1.82) is 0 Å². The third-order valence-corrected chi connectivity index (χ3v) is 7.30. The number of nitrogens with zero attached hydrogens (tertiary/aromatic N) is 1. The Bertz CT molecular complexity index is 993. The molecule has 1 aromatic carbocycles. The molecule has 0 heterocycles. The second kappa shape index (κ2) is 18.7. The van der Waals surface area contributed by atoms with Crippen LogP contribution in [0.1, 0.15) is 98.2 Å². The third kappa shape index (κ3) is 13.5. The van der Waals surface area contributed by atoms with E-state index in [0.29, 0.717) is 30.1 Å². The Morgan fingerprint density at radius 3 is 2.14 bits per heavy atom. The summed E-state index contributed by atoms with van der Waals surface area (Å²) in [7, 11) is 0. The molecular formula is C32H53N3O6S. The van der Waals surface area contributed by atoms with Crippen LogP contribution in [0.5, 0.6) is 0 Å². The van der Waals surface area contributed by atoms with Crippen molar-refractivity contribution in [3.8, 4) is 0 Å². The van der Waals surface area contributed by atoms with Gasteiger partial charge < -0.3 is 25.0 Å². The van der Waals surface area contributed by atoms with Crippen LogP contribution in [0.25, 0.3) is 0 Å². The number of ether oxygens (including phenoxy) is 2. The van der Waals surface area contributed by atoms with Crippen LogP contribution in [-0.2, 0) is 30.3 Å². The van der Waals surface area contributed by atoms with Gasteiger partial charge in [-0.1, -0.05) is 45.0 Å². The van der Waals surface area contributed by atoms with Gasteiger partial charge in [-0.05, 0) is 89.4 Å². The molecule has 238 valence electrons. The van der Waals surface area contributed by atoms with E-state index in [9.17, 15) is 19.2 Å². The average molecular weight is 608 g/mol. The van der Waals surface area contributed by atoms with Crippen molar-refractivity contribution >= 4 is 35.6 Å². The lowest BCUT2D eigenvalue weighted by molar-refractivity contribution is -0.146. The first kappa shape index (κ1) is 37.3. The van der Waals surface area contributed by atoms with Gasteiger partial charge >= 0.3 is 12.1 Å². The topological polar surface area (TPSA) is 114 Å². The Morgan fingerprint density at radius 2 is 1.62 bits per heavy atom. The number of amides is 3. The van der Waals surface area contributed by atoms with E-state index in [-0.39, 0.29) is 31.5 Å². The summed E-state index contributed by atoms with van der Waals surface area (Å²) in [4.78, 5) is 54.7. The zero-order valence-corrected chi connectivity index (χ0v) is 27.9. The van der Waals surface area contributed by atoms with E-state index < -0.39 is 35.7 Å². The van der Waals surface area contributed by atoms with E-state index in [1.54, 1.807) is 44.4 Å². The highest BCUT2D eigenvalue weighted by molar-refractivity contribution is 7.98. The van der Waals surface area contributed by atoms with Gasteiger partial charge in [-0.25, -0.2) is 4.79 Å². The smallest absolute Gasteiger partial charge is 0.408 e. The first-order valence-electron chi connectivity index (χ1n) is 15.1. The highest BCUT2D eigenvalue weighted by Gasteiger charge is 2.38. The van der Waals surface area contributed by atoms with Crippen molar-refractivity contribution in [2.24, 2.45) is 5.92 Å². The fourth-order valence-electron chi connectivity index (χ4n) is 4.43. The lowest BCUT2D eigenvalue weighted by atomic mass is 9.96. The first-order valence-corrected chi connectivity index (χ1v) is 16.5. The average Bonchev–Trinajstić information content (AvgIpc) is 2.91. The van der Waals surface area contributed by atoms with E-state index in [1.807, 2.05) is 37.4 Å². The molecule has 0 aliphatic carbocycles. The summed E-state index contributed by atoms with van der Waals surface area (Å²) in [5, 5.41) is 5.64. The van der Waals surface area contributed by atoms with Crippen molar-refractivity contribution < 1.29 is 28.7 Å². The highest BCUT2D eigenvalue weighted by Crippen LogP contribution is 2.28. The van der Waals surface area contributed by atoms with E-state index in [1.165, 1.54) is 0 Å². The number of benzene rings is 1. The van der Waals surface area contributed by atoms with Crippen molar-refractivity contribution in [3.63, 3.8) is 0 Å². The summed E-state index contributed by atoms with van der Waals surface area (Å²) in [6, 6.07) is 5.50. The summed E-state index contributed by atoms with van der Waals surface area (Å²) in [6.07, 6.45) is 4.01. The normalized spacial score (nSPS) is 13.6. The number of thioether (sulfide) groups is 1. The van der Waals surface area contributed by atoms with Gasteiger partial charge in [-0.15, -0.1) is 0 Å². The summed E-state index contributed by atoms with van der Waals surface area (Å²) in [5.41, 5.74) is 1.03. The summed E-state index contributed by atoms with van der Waals surface area (Å²) < 4.78 is 10.5. The van der Waals surface area contributed by atoms with Gasteiger partial charge in [-0.2, -0.15) is 11.8 Å². The van der Waals surface area contributed by atoms with E-state index in [0.717, 1.165) is 18.4 Å². The Kier molecular flexibility index (Phi) is 16.6. The number of esters is 1. The van der Waals surface area contributed by atoms with Crippen LogP contribution >= 0.6 is 11.8 Å². The highest BCUT2D eigenvalue weighted by atomic mass is 32.2. The van der Waals surface area contributed by atoms with Crippen LogP contribution < -0.4 is 10.6 Å². The molecule has 1 rings (SSSR count). The number of carbonyl (C=O) groups is 4. The van der Waals surface area contributed by atoms with Crippen LogP contribution in [0, 0.1) is 5.92 Å². The van der Waals surface area contributed by atoms with Gasteiger partial charge in [-0.3, -0.25) is 14.4 Å². The Labute approximate surface area is 257 Å². The number of nitrogens with one attached hydrogen (secondary N) is 2. The lowest BCUT2D eigenvalue weighted by Crippen LogP contribution is -2.55. The maximum absolute atomic E-state index is 14.4. The van der Waals surface area contributed by atoms with Gasteiger partial charge in [0.25, 0.3) is 0 Å². The molecule has 10 heteroatoms. The Morgan fingerprint density at radius 1 is 0.976 bits per heavy atom. The minimum absolute atomic E-state index is 0.0223. The fourth-order valence-corrected chi connectivity index (χ4v) is 4.90. The third-order valence-electron chi connectivity index (χ3n) is 6.65. The largest absolute Gasteiger partial charge is 0.466 e. The first-order chi connectivity index (χ1) is 19.7. The number of alkyl carbamates (subject to hydrolysis) is 1. The predicted octanol–water partition coefficient (Wildman–Crippen LogP) is 5.66. The Hall–Kier alpha value is -2.75. The van der Waals surface area contributed by atoms with Crippen molar-refractivity contribution in [3.05, 3.63) is 35.4 Å². The molecular weight excluding hydrogens is 554 g/mol. The number of hydrogen-bond acceptors (Lipinski definition) is 7. The molecule has 2 N–H and O–H groups in total. The van der Waals surface area contributed by atoms with Gasteiger partial charge in [0.15, 0.2) is 0 Å². The van der Waals surface area contributed by atoms with Crippen LogP contribution in [-0.4, -0.2) is 71.6 Å². The maximum atomic E-state index is 14.4. The SMILES string of the molecule is CCOC(=O)CCNC(=O)C(c1ccc(CC)cc1)N(C(=O)C(CCSC)NC(=O)OC(C)(C)C)C(C)CCC(C)C. The van der Waals surface area contributed by atoms with E-state index in [2.05, 4.69) is 31.4 Å². The second-order valence-electron chi connectivity index (χ2n) is 11.9. The van der Waals surface area contributed by atoms with Gasteiger partial charge in [0.2, 0.25) is 11.8 Å². The maximum Gasteiger partial charge on any atom is 0.408 e.